The molecule has 0 bridgehead atoms. The van der Waals surface area contributed by atoms with Gasteiger partial charge in [-0.1, -0.05) is 31.6 Å². The Kier molecular flexibility index (Phi) is 8.40. The summed E-state index contributed by atoms with van der Waals surface area (Å²) in [6, 6.07) is 8.25. The smallest absolute Gasteiger partial charge is 0.142 e. The highest BCUT2D eigenvalue weighted by molar-refractivity contribution is 5.74. The lowest BCUT2D eigenvalue weighted by Crippen LogP contribution is -2.25. The van der Waals surface area contributed by atoms with Gasteiger partial charge in [0.05, 0.1) is 0 Å². The Morgan fingerprint density at radius 2 is 1.80 bits per heavy atom. The molecule has 20 heavy (non-hydrogen) atoms. The Morgan fingerprint density at radius 1 is 1.10 bits per heavy atom. The molecule has 0 aromatic heterocycles. The van der Waals surface area contributed by atoms with E-state index in [-0.39, 0.29) is 6.61 Å². The van der Waals surface area contributed by atoms with Gasteiger partial charge >= 0.3 is 0 Å². The normalized spacial score (nSPS) is 10.9. The Hall–Kier alpha value is -1.61. The topological polar surface area (TPSA) is 40.5 Å². The standard InChI is InChI=1S/C17H25NO2/c1-2-3-12-18(13-4-5-14-19)17-10-8-16(9-11-17)7-6-15-20/h6-11,15,19H,2-5,12-14H2,1H3/b7-6+. The van der Waals surface area contributed by atoms with E-state index in [1.807, 2.05) is 12.1 Å². The fraction of sp³-hybridized carbons (Fsp3) is 0.471. The summed E-state index contributed by atoms with van der Waals surface area (Å²) in [4.78, 5) is 12.7. The average Bonchev–Trinajstić information content (AvgIpc) is 2.49. The molecule has 3 heteroatoms. The molecule has 0 radical (unpaired) electrons. The van der Waals surface area contributed by atoms with Crippen LogP contribution in [-0.4, -0.2) is 31.1 Å². The Morgan fingerprint density at radius 3 is 2.40 bits per heavy atom. The number of hydrogen-bond acceptors (Lipinski definition) is 3. The highest BCUT2D eigenvalue weighted by Gasteiger charge is 2.05. The summed E-state index contributed by atoms with van der Waals surface area (Å²) in [6.45, 7) is 4.48. The van der Waals surface area contributed by atoms with Crippen LogP contribution in [0.4, 0.5) is 5.69 Å². The second kappa shape index (κ2) is 10.2. The maximum absolute atomic E-state index is 10.3. The summed E-state index contributed by atoms with van der Waals surface area (Å²) in [7, 11) is 0. The zero-order chi connectivity index (χ0) is 14.6. The van der Waals surface area contributed by atoms with Crippen LogP contribution in [0.2, 0.25) is 0 Å². The molecule has 3 nitrogen and oxygen atoms in total. The van der Waals surface area contributed by atoms with Crippen LogP contribution < -0.4 is 4.90 Å². The van der Waals surface area contributed by atoms with Crippen LogP contribution in [0.1, 0.15) is 38.2 Å². The zero-order valence-electron chi connectivity index (χ0n) is 12.3. The van der Waals surface area contributed by atoms with E-state index in [9.17, 15) is 4.79 Å². The van der Waals surface area contributed by atoms with Gasteiger partial charge in [0.15, 0.2) is 0 Å². The first-order valence-corrected chi connectivity index (χ1v) is 7.39. The number of aldehydes is 1. The molecule has 1 aromatic carbocycles. The van der Waals surface area contributed by atoms with E-state index in [2.05, 4.69) is 24.0 Å². The fourth-order valence-electron chi connectivity index (χ4n) is 2.08. The second-order valence-electron chi connectivity index (χ2n) is 4.86. The number of carbonyl (C=O) groups is 1. The molecule has 1 N–H and O–H groups in total. The van der Waals surface area contributed by atoms with Crippen molar-refractivity contribution in [3.05, 3.63) is 35.9 Å². The molecule has 0 amide bonds. The summed E-state index contributed by atoms with van der Waals surface area (Å²) in [5.74, 6) is 0. The van der Waals surface area contributed by atoms with E-state index in [1.54, 1.807) is 6.08 Å². The number of allylic oxidation sites excluding steroid dienone is 1. The molecular weight excluding hydrogens is 250 g/mol. The first kappa shape index (κ1) is 16.4. The SMILES string of the molecule is CCCCN(CCCCO)c1ccc(/C=C/C=O)cc1. The lowest BCUT2D eigenvalue weighted by molar-refractivity contribution is -0.104. The Labute approximate surface area is 121 Å². The third kappa shape index (κ3) is 6.02. The van der Waals surface area contributed by atoms with Crippen LogP contribution >= 0.6 is 0 Å². The lowest BCUT2D eigenvalue weighted by atomic mass is 10.1. The summed E-state index contributed by atoms with van der Waals surface area (Å²) in [5.41, 5.74) is 2.24. The van der Waals surface area contributed by atoms with Gasteiger partial charge in [0, 0.05) is 25.4 Å². The first-order valence-electron chi connectivity index (χ1n) is 7.39. The molecule has 0 atom stereocenters. The Balaban J connectivity index is 2.67. The van der Waals surface area contributed by atoms with Crippen molar-refractivity contribution in [3.8, 4) is 0 Å². The molecule has 1 rings (SSSR count). The van der Waals surface area contributed by atoms with Gasteiger partial charge in [-0.05, 0) is 43.0 Å². The minimum atomic E-state index is 0.261. The van der Waals surface area contributed by atoms with E-state index in [0.29, 0.717) is 0 Å². The van der Waals surface area contributed by atoms with Crippen LogP contribution in [0.15, 0.2) is 30.3 Å². The van der Waals surface area contributed by atoms with E-state index < -0.39 is 0 Å². The number of aliphatic hydroxyl groups excluding tert-OH is 1. The molecule has 0 aliphatic rings. The van der Waals surface area contributed by atoms with Crippen LogP contribution in [0.3, 0.4) is 0 Å². The van der Waals surface area contributed by atoms with Crippen molar-refractivity contribution < 1.29 is 9.90 Å². The van der Waals surface area contributed by atoms with Crippen molar-refractivity contribution >= 4 is 18.0 Å². The molecule has 0 heterocycles. The van der Waals surface area contributed by atoms with Crippen LogP contribution in [0, 0.1) is 0 Å². The summed E-state index contributed by atoms with van der Waals surface area (Å²) in [5, 5.41) is 8.89. The molecule has 1 aromatic rings. The molecule has 0 spiro atoms. The third-order valence-corrected chi connectivity index (χ3v) is 3.24. The van der Waals surface area contributed by atoms with Gasteiger partial charge < -0.3 is 10.0 Å². The van der Waals surface area contributed by atoms with Crippen LogP contribution in [0.5, 0.6) is 0 Å². The Bertz CT molecular complexity index is 398. The van der Waals surface area contributed by atoms with Crippen molar-refractivity contribution in [2.75, 3.05) is 24.6 Å². The molecule has 0 unspecified atom stereocenters. The van der Waals surface area contributed by atoms with Gasteiger partial charge in [-0.2, -0.15) is 0 Å². The van der Waals surface area contributed by atoms with Crippen molar-refractivity contribution in [2.45, 2.75) is 32.6 Å². The van der Waals surface area contributed by atoms with Gasteiger partial charge in [0.2, 0.25) is 0 Å². The predicted octanol–water partition coefficient (Wildman–Crippen LogP) is 3.28. The number of nitrogens with zero attached hydrogens (tertiary/aromatic N) is 1. The number of hydrogen-bond donors (Lipinski definition) is 1. The van der Waals surface area contributed by atoms with Gasteiger partial charge in [-0.25, -0.2) is 0 Å². The summed E-state index contributed by atoms with van der Waals surface area (Å²) >= 11 is 0. The predicted molar refractivity (Wildman–Crippen MR) is 85.0 cm³/mol. The van der Waals surface area contributed by atoms with Gasteiger partial charge in [-0.3, -0.25) is 4.79 Å². The maximum atomic E-state index is 10.3. The van der Waals surface area contributed by atoms with E-state index in [1.165, 1.54) is 24.6 Å². The monoisotopic (exact) mass is 275 g/mol. The molecule has 0 aliphatic carbocycles. The van der Waals surface area contributed by atoms with E-state index in [4.69, 9.17) is 5.11 Å². The number of benzene rings is 1. The minimum Gasteiger partial charge on any atom is -0.396 e. The van der Waals surface area contributed by atoms with E-state index in [0.717, 1.165) is 37.8 Å². The second-order valence-corrected chi connectivity index (χ2v) is 4.86. The number of carbonyl (C=O) groups excluding carboxylic acids is 1. The third-order valence-electron chi connectivity index (χ3n) is 3.24. The van der Waals surface area contributed by atoms with Crippen LogP contribution in [0.25, 0.3) is 6.08 Å². The van der Waals surface area contributed by atoms with Crippen molar-refractivity contribution in [2.24, 2.45) is 0 Å². The first-order chi connectivity index (χ1) is 9.81. The van der Waals surface area contributed by atoms with Gasteiger partial charge in [0.25, 0.3) is 0 Å². The van der Waals surface area contributed by atoms with Crippen molar-refractivity contribution in [1.29, 1.82) is 0 Å². The summed E-state index contributed by atoms with van der Waals surface area (Å²) in [6.07, 6.45) is 8.30. The molecule has 0 fully saturated rings. The number of unbranched alkanes of at least 4 members (excludes halogenated alkanes) is 2. The highest BCUT2D eigenvalue weighted by atomic mass is 16.2. The van der Waals surface area contributed by atoms with Crippen molar-refractivity contribution in [1.82, 2.24) is 0 Å². The quantitative estimate of drug-likeness (QED) is 0.405. The summed E-state index contributed by atoms with van der Waals surface area (Å²) < 4.78 is 0. The number of aliphatic hydroxyl groups is 1. The lowest BCUT2D eigenvalue weighted by Gasteiger charge is -2.25. The van der Waals surface area contributed by atoms with Gasteiger partial charge in [0.1, 0.15) is 6.29 Å². The van der Waals surface area contributed by atoms with E-state index >= 15 is 0 Å². The fourth-order valence-corrected chi connectivity index (χ4v) is 2.08. The van der Waals surface area contributed by atoms with Gasteiger partial charge in [-0.15, -0.1) is 0 Å². The van der Waals surface area contributed by atoms with Crippen LogP contribution in [-0.2, 0) is 4.79 Å². The molecule has 0 aliphatic heterocycles. The molecular formula is C17H25NO2. The largest absolute Gasteiger partial charge is 0.396 e. The van der Waals surface area contributed by atoms with Crippen molar-refractivity contribution in [3.63, 3.8) is 0 Å². The average molecular weight is 275 g/mol. The highest BCUT2D eigenvalue weighted by Crippen LogP contribution is 2.17. The maximum Gasteiger partial charge on any atom is 0.142 e. The zero-order valence-corrected chi connectivity index (χ0v) is 12.3. The number of rotatable bonds is 10. The minimum absolute atomic E-state index is 0.261. The molecule has 0 saturated heterocycles. The number of anilines is 1. The molecule has 110 valence electrons. The molecule has 0 saturated carbocycles.